The first-order valence-electron chi connectivity index (χ1n) is 5.53. The molecule has 1 aromatic heterocycles. The fraction of sp³-hybridized carbons (Fsp3) is 0.455. The minimum Gasteiger partial charge on any atom is -0.480 e. The Morgan fingerprint density at radius 2 is 2.10 bits per heavy atom. The molecule has 0 fully saturated rings. The van der Waals surface area contributed by atoms with Crippen LogP contribution in [0.15, 0.2) is 6.07 Å². The third-order valence-corrected chi connectivity index (χ3v) is 2.11. The molecule has 2 N–H and O–H groups in total. The van der Waals surface area contributed by atoms with E-state index in [0.29, 0.717) is 0 Å². The Balaban J connectivity index is 3.38. The lowest BCUT2D eigenvalue weighted by molar-refractivity contribution is -0.274. The molecule has 0 aliphatic heterocycles. The lowest BCUT2D eigenvalue weighted by atomic mass is 10.2. The van der Waals surface area contributed by atoms with Crippen molar-refractivity contribution < 1.29 is 32.2 Å². The topological polar surface area (TPSA) is 83.7 Å². The first-order chi connectivity index (χ1) is 9.32. The molecule has 0 bridgehead atoms. The highest BCUT2D eigenvalue weighted by atomic mass is 19.4. The van der Waals surface area contributed by atoms with Gasteiger partial charge >= 0.3 is 12.3 Å². The van der Waals surface area contributed by atoms with Gasteiger partial charge in [0, 0.05) is 12.6 Å². The summed E-state index contributed by atoms with van der Waals surface area (Å²) >= 11 is 0. The van der Waals surface area contributed by atoms with Gasteiger partial charge in [-0.05, 0) is 6.92 Å². The Morgan fingerprint density at radius 3 is 2.55 bits per heavy atom. The number of alkyl halides is 3. The normalized spacial score (nSPS) is 11.1. The van der Waals surface area contributed by atoms with Crippen molar-refractivity contribution in [1.29, 1.82) is 0 Å². The Morgan fingerprint density at radius 1 is 1.45 bits per heavy atom. The number of aromatic nitrogens is 1. The third kappa shape index (κ3) is 3.98. The van der Waals surface area contributed by atoms with Crippen molar-refractivity contribution in [3.05, 3.63) is 17.3 Å². The molecule has 0 saturated carbocycles. The van der Waals surface area contributed by atoms with E-state index in [1.165, 1.54) is 6.92 Å². The molecule has 0 unspecified atom stereocenters. The SMILES string of the molecule is CCOC(=O)c1c(OC(F)(F)F)cc(CN)nc1OC. The molecule has 0 saturated heterocycles. The van der Waals surface area contributed by atoms with E-state index in [1.54, 1.807) is 0 Å². The molecule has 9 heteroatoms. The van der Waals surface area contributed by atoms with Crippen LogP contribution in [0.5, 0.6) is 11.6 Å². The maximum Gasteiger partial charge on any atom is 0.573 e. The zero-order chi connectivity index (χ0) is 15.3. The maximum absolute atomic E-state index is 12.4. The number of nitrogens with zero attached hydrogens (tertiary/aromatic N) is 1. The zero-order valence-corrected chi connectivity index (χ0v) is 10.8. The second-order valence-corrected chi connectivity index (χ2v) is 3.47. The molecule has 0 aliphatic rings. The third-order valence-electron chi connectivity index (χ3n) is 2.11. The van der Waals surface area contributed by atoms with Crippen molar-refractivity contribution >= 4 is 5.97 Å². The molecule has 0 radical (unpaired) electrons. The van der Waals surface area contributed by atoms with Gasteiger partial charge in [-0.25, -0.2) is 9.78 Å². The summed E-state index contributed by atoms with van der Waals surface area (Å²) in [4.78, 5) is 15.5. The highest BCUT2D eigenvalue weighted by Crippen LogP contribution is 2.32. The van der Waals surface area contributed by atoms with Gasteiger partial charge < -0.3 is 19.9 Å². The molecule has 0 amide bonds. The quantitative estimate of drug-likeness (QED) is 0.831. The largest absolute Gasteiger partial charge is 0.573 e. The van der Waals surface area contributed by atoms with Gasteiger partial charge in [0.1, 0.15) is 0 Å². The van der Waals surface area contributed by atoms with E-state index in [0.717, 1.165) is 13.2 Å². The highest BCUT2D eigenvalue weighted by Gasteiger charge is 2.35. The van der Waals surface area contributed by atoms with Crippen LogP contribution in [0, 0.1) is 0 Å². The number of hydrogen-bond acceptors (Lipinski definition) is 6. The molecule has 0 aliphatic carbocycles. The molecule has 0 spiro atoms. The first kappa shape index (κ1) is 16.0. The van der Waals surface area contributed by atoms with Gasteiger partial charge in [0.15, 0.2) is 11.3 Å². The number of methoxy groups -OCH3 is 1. The Bertz CT molecular complexity index is 491. The lowest BCUT2D eigenvalue weighted by Gasteiger charge is -2.15. The number of pyridine rings is 1. The molecule has 6 nitrogen and oxygen atoms in total. The van der Waals surface area contributed by atoms with Crippen LogP contribution in [-0.4, -0.2) is 31.0 Å². The molecule has 1 heterocycles. The number of hydrogen-bond donors (Lipinski definition) is 1. The van der Waals surface area contributed by atoms with Gasteiger partial charge in [-0.15, -0.1) is 13.2 Å². The first-order valence-corrected chi connectivity index (χ1v) is 5.53. The minimum absolute atomic E-state index is 0.0217. The summed E-state index contributed by atoms with van der Waals surface area (Å²) in [5.41, 5.74) is 4.86. The monoisotopic (exact) mass is 294 g/mol. The molecule has 1 aromatic rings. The van der Waals surface area contributed by atoms with E-state index in [4.69, 9.17) is 10.5 Å². The smallest absolute Gasteiger partial charge is 0.480 e. The summed E-state index contributed by atoms with van der Waals surface area (Å²) in [5, 5.41) is 0. The summed E-state index contributed by atoms with van der Waals surface area (Å²) in [6, 6.07) is 0.919. The summed E-state index contributed by atoms with van der Waals surface area (Å²) in [5.74, 6) is -2.13. The van der Waals surface area contributed by atoms with Crippen LogP contribution in [0.4, 0.5) is 13.2 Å². The van der Waals surface area contributed by atoms with Crippen LogP contribution in [0.1, 0.15) is 23.0 Å². The van der Waals surface area contributed by atoms with Crippen molar-refractivity contribution in [2.45, 2.75) is 19.8 Å². The van der Waals surface area contributed by atoms with E-state index in [1.807, 2.05) is 0 Å². The number of rotatable bonds is 5. The van der Waals surface area contributed by atoms with Crippen molar-refractivity contribution in [2.75, 3.05) is 13.7 Å². The summed E-state index contributed by atoms with van der Waals surface area (Å²) in [6.07, 6.45) is -4.97. The van der Waals surface area contributed by atoms with E-state index in [9.17, 15) is 18.0 Å². The van der Waals surface area contributed by atoms with E-state index < -0.39 is 23.6 Å². The van der Waals surface area contributed by atoms with Gasteiger partial charge in [-0.3, -0.25) is 0 Å². The molecule has 0 atom stereocenters. The fourth-order valence-corrected chi connectivity index (χ4v) is 1.40. The maximum atomic E-state index is 12.4. The second kappa shape index (κ2) is 6.42. The molecular weight excluding hydrogens is 281 g/mol. The van der Waals surface area contributed by atoms with Crippen molar-refractivity contribution in [3.63, 3.8) is 0 Å². The number of halogens is 3. The van der Waals surface area contributed by atoms with Crippen LogP contribution in [0.3, 0.4) is 0 Å². The van der Waals surface area contributed by atoms with E-state index in [-0.39, 0.29) is 24.7 Å². The van der Waals surface area contributed by atoms with Crippen LogP contribution in [0.25, 0.3) is 0 Å². The fourth-order valence-electron chi connectivity index (χ4n) is 1.40. The Kier molecular flexibility index (Phi) is 5.14. The second-order valence-electron chi connectivity index (χ2n) is 3.47. The minimum atomic E-state index is -4.97. The van der Waals surface area contributed by atoms with Gasteiger partial charge in [-0.2, -0.15) is 0 Å². The predicted molar refractivity (Wildman–Crippen MR) is 61.3 cm³/mol. The Labute approximate surface area is 112 Å². The average molecular weight is 294 g/mol. The van der Waals surface area contributed by atoms with Gasteiger partial charge in [-0.1, -0.05) is 0 Å². The Hall–Kier alpha value is -2.03. The van der Waals surface area contributed by atoms with Crippen molar-refractivity contribution in [3.8, 4) is 11.6 Å². The van der Waals surface area contributed by atoms with Crippen LogP contribution in [0.2, 0.25) is 0 Å². The van der Waals surface area contributed by atoms with Gasteiger partial charge in [0.2, 0.25) is 5.88 Å². The number of esters is 1. The summed E-state index contributed by atoms with van der Waals surface area (Å²) in [6.45, 7) is 1.34. The van der Waals surface area contributed by atoms with Crippen molar-refractivity contribution in [2.24, 2.45) is 5.73 Å². The molecule has 20 heavy (non-hydrogen) atoms. The number of carbonyl (C=O) groups is 1. The number of carbonyl (C=O) groups excluding carboxylic acids is 1. The van der Waals surface area contributed by atoms with Gasteiger partial charge in [0.25, 0.3) is 0 Å². The van der Waals surface area contributed by atoms with E-state index in [2.05, 4.69) is 14.5 Å². The van der Waals surface area contributed by atoms with Crippen molar-refractivity contribution in [1.82, 2.24) is 4.98 Å². The summed E-state index contributed by atoms with van der Waals surface area (Å²) in [7, 11) is 1.16. The average Bonchev–Trinajstić information content (AvgIpc) is 2.35. The van der Waals surface area contributed by atoms with Crippen LogP contribution >= 0.6 is 0 Å². The lowest BCUT2D eigenvalue weighted by Crippen LogP contribution is -2.21. The molecule has 112 valence electrons. The predicted octanol–water partition coefficient (Wildman–Crippen LogP) is 1.62. The standard InChI is InChI=1S/C11H13F3N2O4/c1-3-19-10(17)8-7(20-11(12,13)14)4-6(5-15)16-9(8)18-2/h4H,3,5,15H2,1-2H3. The van der Waals surface area contributed by atoms with Crippen LogP contribution in [-0.2, 0) is 11.3 Å². The van der Waals surface area contributed by atoms with E-state index >= 15 is 0 Å². The molecule has 0 aromatic carbocycles. The number of nitrogens with two attached hydrogens (primary N) is 1. The summed E-state index contributed by atoms with van der Waals surface area (Å²) < 4.78 is 50.4. The highest BCUT2D eigenvalue weighted by molar-refractivity contribution is 5.95. The van der Waals surface area contributed by atoms with Gasteiger partial charge in [0.05, 0.1) is 19.4 Å². The van der Waals surface area contributed by atoms with Crippen LogP contribution < -0.4 is 15.2 Å². The molecule has 1 rings (SSSR count). The zero-order valence-electron chi connectivity index (χ0n) is 10.8. The molecular formula is C11H13F3N2O4. The number of ether oxygens (including phenoxy) is 3.